The maximum atomic E-state index is 13.1. The molecule has 0 aromatic rings. The molecule has 0 saturated carbocycles. The van der Waals surface area contributed by atoms with E-state index in [2.05, 4.69) is 55.4 Å². The van der Waals surface area contributed by atoms with Gasteiger partial charge in [0.2, 0.25) is 0 Å². The van der Waals surface area contributed by atoms with Crippen LogP contribution >= 0.6 is 15.6 Å². The monoisotopic (exact) mass is 1480 g/mol. The molecule has 0 radical (unpaired) electrons. The summed E-state index contributed by atoms with van der Waals surface area (Å²) in [5.41, 5.74) is 0. The third-order valence-electron chi connectivity index (χ3n) is 19.4. The Bertz CT molecular complexity index is 1970. The lowest BCUT2D eigenvalue weighted by atomic mass is 10.00. The Morgan fingerprint density at radius 3 is 0.703 bits per heavy atom. The van der Waals surface area contributed by atoms with Gasteiger partial charge in [-0.15, -0.1) is 0 Å². The topological polar surface area (TPSA) is 237 Å². The molecule has 17 nitrogen and oxygen atoms in total. The van der Waals surface area contributed by atoms with Crippen molar-refractivity contribution in [2.45, 2.75) is 440 Å². The van der Waals surface area contributed by atoms with Crippen molar-refractivity contribution in [1.82, 2.24) is 0 Å². The molecular formula is C82H160O17P2. The first-order valence-corrected chi connectivity index (χ1v) is 45.2. The van der Waals surface area contributed by atoms with Gasteiger partial charge in [-0.05, 0) is 49.4 Å². The summed E-state index contributed by atoms with van der Waals surface area (Å²) in [7, 11) is -9.92. The third kappa shape index (κ3) is 74.7. The number of hydrogen-bond acceptors (Lipinski definition) is 15. The highest BCUT2D eigenvalue weighted by molar-refractivity contribution is 7.47. The van der Waals surface area contributed by atoms with Gasteiger partial charge in [-0.2, -0.15) is 0 Å². The zero-order chi connectivity index (χ0) is 74.6. The number of ether oxygens (including phenoxy) is 4. The lowest BCUT2D eigenvalue weighted by molar-refractivity contribution is -0.161. The third-order valence-corrected chi connectivity index (χ3v) is 21.3. The fourth-order valence-corrected chi connectivity index (χ4v) is 14.2. The van der Waals surface area contributed by atoms with Crippen LogP contribution in [0.3, 0.4) is 0 Å². The van der Waals surface area contributed by atoms with Gasteiger partial charge in [-0.1, -0.05) is 370 Å². The first-order valence-electron chi connectivity index (χ1n) is 42.2. The molecule has 0 aliphatic carbocycles. The Balaban J connectivity index is 5.22. The number of aliphatic hydroxyl groups is 1. The maximum absolute atomic E-state index is 13.1. The largest absolute Gasteiger partial charge is 0.472 e. The number of aliphatic hydroxyl groups excluding tert-OH is 1. The number of carbonyl (C=O) groups is 4. The predicted octanol–water partition coefficient (Wildman–Crippen LogP) is 24.4. The zero-order valence-corrected chi connectivity index (χ0v) is 68.3. The molecule has 0 spiro atoms. The Hall–Kier alpha value is -1.94. The first-order chi connectivity index (χ1) is 48.6. The summed E-state index contributed by atoms with van der Waals surface area (Å²) in [6.45, 7) is 14.3. The van der Waals surface area contributed by atoms with Crippen LogP contribution in [0.1, 0.15) is 421 Å². The van der Waals surface area contributed by atoms with Crippen molar-refractivity contribution in [3.05, 3.63) is 0 Å². The van der Waals surface area contributed by atoms with Crippen LogP contribution in [-0.4, -0.2) is 96.7 Å². The van der Waals surface area contributed by atoms with Gasteiger partial charge in [-0.3, -0.25) is 37.3 Å². The van der Waals surface area contributed by atoms with E-state index in [0.717, 1.165) is 120 Å². The van der Waals surface area contributed by atoms with Crippen LogP contribution in [-0.2, 0) is 65.4 Å². The van der Waals surface area contributed by atoms with Crippen LogP contribution in [0.25, 0.3) is 0 Å². The van der Waals surface area contributed by atoms with E-state index < -0.39 is 97.5 Å². The summed E-state index contributed by atoms with van der Waals surface area (Å²) in [6.07, 6.45) is 58.4. The minimum absolute atomic E-state index is 0.105. The molecule has 0 fully saturated rings. The van der Waals surface area contributed by atoms with E-state index in [-0.39, 0.29) is 25.7 Å². The molecule has 0 aliphatic rings. The van der Waals surface area contributed by atoms with Gasteiger partial charge in [0, 0.05) is 25.7 Å². The molecule has 0 aromatic carbocycles. The molecular weight excluding hydrogens is 1320 g/mol. The number of esters is 4. The van der Waals surface area contributed by atoms with Crippen molar-refractivity contribution < 1.29 is 80.2 Å². The number of phosphoric acid groups is 2. The average Bonchev–Trinajstić information content (AvgIpc) is 0.923. The lowest BCUT2D eigenvalue weighted by Gasteiger charge is -2.21. The van der Waals surface area contributed by atoms with E-state index in [1.165, 1.54) is 218 Å². The molecule has 0 aromatic heterocycles. The van der Waals surface area contributed by atoms with Crippen LogP contribution < -0.4 is 0 Å². The van der Waals surface area contributed by atoms with Gasteiger partial charge in [0.25, 0.3) is 0 Å². The average molecular weight is 1480 g/mol. The lowest BCUT2D eigenvalue weighted by Crippen LogP contribution is -2.30. The second-order valence-corrected chi connectivity index (χ2v) is 34.1. The van der Waals surface area contributed by atoms with Crippen molar-refractivity contribution in [3.8, 4) is 0 Å². The van der Waals surface area contributed by atoms with Crippen molar-refractivity contribution in [2.24, 2.45) is 23.7 Å². The van der Waals surface area contributed by atoms with Crippen molar-refractivity contribution in [2.75, 3.05) is 39.6 Å². The van der Waals surface area contributed by atoms with Crippen LogP contribution in [0.15, 0.2) is 0 Å². The summed E-state index contributed by atoms with van der Waals surface area (Å²) in [5.74, 6) is 0.987. The molecule has 3 N–H and O–H groups in total. The fourth-order valence-electron chi connectivity index (χ4n) is 12.6. The highest BCUT2D eigenvalue weighted by atomic mass is 31.2. The Morgan fingerprint density at radius 1 is 0.277 bits per heavy atom. The minimum atomic E-state index is -4.96. The first kappa shape index (κ1) is 99.1. The zero-order valence-electron chi connectivity index (χ0n) is 66.5. The molecule has 0 saturated heterocycles. The van der Waals surface area contributed by atoms with E-state index in [4.69, 9.17) is 37.0 Å². The second-order valence-electron chi connectivity index (χ2n) is 31.2. The number of carbonyl (C=O) groups excluding carboxylic acids is 4. The number of hydrogen-bond donors (Lipinski definition) is 3. The van der Waals surface area contributed by atoms with E-state index >= 15 is 0 Å². The van der Waals surface area contributed by atoms with Crippen molar-refractivity contribution in [3.63, 3.8) is 0 Å². The van der Waals surface area contributed by atoms with Crippen LogP contribution in [0.2, 0.25) is 0 Å². The molecule has 600 valence electrons. The van der Waals surface area contributed by atoms with Gasteiger partial charge < -0.3 is 33.8 Å². The Kier molecular flexibility index (Phi) is 69.6. The SMILES string of the molecule is CCC(C)CCCCCCCCC(=O)OC[C@H](COP(=O)(O)OC[C@H](O)COP(=O)(O)OC[C@@H](COC(=O)CCCCCCCCCCCCCCCCCCCCC(C)C)OC(=O)CCCCCCCCCCCCCCCCC(C)C)OC(=O)CCCCCCCCCCCCC(C)C. The van der Waals surface area contributed by atoms with E-state index in [1.807, 2.05) is 0 Å². The molecule has 0 aliphatic heterocycles. The quantitative estimate of drug-likeness (QED) is 0.0222. The standard InChI is InChI=1S/C82H160O17P2/c1-9-75(8)61-53-45-40-41-47-55-63-80(85)93-69-78(99-82(87)65-57-49-39-33-27-26-30-36-44-52-60-74(6)7)71-97-101(90,91)95-67-76(83)66-94-100(88,89)96-70-77(98-81(86)64-56-48-38-32-25-21-17-16-19-23-29-35-43-51-59-73(4)5)68-92-79(84)62-54-46-37-31-24-20-15-13-11-10-12-14-18-22-28-34-42-50-58-72(2)3/h72-78,83H,9-71H2,1-8H3,(H,88,89)(H,90,91)/t75?,76-,77-,78-/m1/s1. The summed E-state index contributed by atoms with van der Waals surface area (Å²) in [6, 6.07) is 0. The molecule has 3 unspecified atom stereocenters. The molecule has 0 bridgehead atoms. The summed E-state index contributed by atoms with van der Waals surface area (Å²) >= 11 is 0. The van der Waals surface area contributed by atoms with Gasteiger partial charge in [-0.25, -0.2) is 9.13 Å². The predicted molar refractivity (Wildman–Crippen MR) is 414 cm³/mol. The highest BCUT2D eigenvalue weighted by Gasteiger charge is 2.30. The van der Waals surface area contributed by atoms with Crippen LogP contribution in [0, 0.1) is 23.7 Å². The van der Waals surface area contributed by atoms with Crippen molar-refractivity contribution >= 4 is 39.5 Å². The highest BCUT2D eigenvalue weighted by Crippen LogP contribution is 2.45. The summed E-state index contributed by atoms with van der Waals surface area (Å²) < 4.78 is 68.7. The molecule has 6 atom stereocenters. The van der Waals surface area contributed by atoms with E-state index in [0.29, 0.717) is 25.7 Å². The van der Waals surface area contributed by atoms with Gasteiger partial charge >= 0.3 is 39.5 Å². The second kappa shape index (κ2) is 71.0. The molecule has 19 heteroatoms. The molecule has 0 amide bonds. The molecule has 101 heavy (non-hydrogen) atoms. The van der Waals surface area contributed by atoms with E-state index in [9.17, 15) is 43.2 Å². The van der Waals surface area contributed by atoms with Crippen LogP contribution in [0.4, 0.5) is 0 Å². The molecule has 0 rings (SSSR count). The Morgan fingerprint density at radius 2 is 0.475 bits per heavy atom. The van der Waals surface area contributed by atoms with Gasteiger partial charge in [0.15, 0.2) is 12.2 Å². The van der Waals surface area contributed by atoms with Crippen LogP contribution in [0.5, 0.6) is 0 Å². The smallest absolute Gasteiger partial charge is 0.462 e. The summed E-state index contributed by atoms with van der Waals surface area (Å²) in [5, 5.41) is 10.6. The maximum Gasteiger partial charge on any atom is 0.472 e. The number of rotatable bonds is 79. The fraction of sp³-hybridized carbons (Fsp3) is 0.951. The van der Waals surface area contributed by atoms with E-state index in [1.54, 1.807) is 0 Å². The van der Waals surface area contributed by atoms with Gasteiger partial charge in [0.05, 0.1) is 26.4 Å². The minimum Gasteiger partial charge on any atom is -0.462 e. The number of unbranched alkanes of at least 4 members (excludes halogenated alkanes) is 44. The van der Waals surface area contributed by atoms with Gasteiger partial charge in [0.1, 0.15) is 19.3 Å². The molecule has 0 heterocycles. The number of phosphoric ester groups is 2. The van der Waals surface area contributed by atoms with Crippen molar-refractivity contribution in [1.29, 1.82) is 0 Å². The normalized spacial score (nSPS) is 14.3. The summed E-state index contributed by atoms with van der Waals surface area (Å²) in [4.78, 5) is 73.0. The Labute approximate surface area is 619 Å².